The van der Waals surface area contributed by atoms with Crippen molar-refractivity contribution in [3.05, 3.63) is 30.3 Å². The number of para-hydroxylation sites is 1. The molecular formula is C17H22O6. The summed E-state index contributed by atoms with van der Waals surface area (Å²) in [6.07, 6.45) is -1.51. The van der Waals surface area contributed by atoms with Crippen LogP contribution in [0.3, 0.4) is 0 Å². The molecule has 0 aromatic heterocycles. The van der Waals surface area contributed by atoms with Gasteiger partial charge in [0.15, 0.2) is 0 Å². The van der Waals surface area contributed by atoms with E-state index in [2.05, 4.69) is 0 Å². The van der Waals surface area contributed by atoms with Crippen LogP contribution in [0.15, 0.2) is 30.3 Å². The quantitative estimate of drug-likeness (QED) is 0.622. The van der Waals surface area contributed by atoms with Crippen molar-refractivity contribution in [2.45, 2.75) is 37.9 Å². The summed E-state index contributed by atoms with van der Waals surface area (Å²) in [7, 11) is 0. The number of carbonyl (C=O) groups excluding carboxylic acids is 1. The van der Waals surface area contributed by atoms with Gasteiger partial charge < -0.3 is 20.1 Å². The average Bonchev–Trinajstić information content (AvgIpc) is 2.78. The van der Waals surface area contributed by atoms with Crippen LogP contribution in [0.25, 0.3) is 0 Å². The number of hydrogen-bond acceptors (Lipinski definition) is 5. The zero-order valence-electron chi connectivity index (χ0n) is 12.8. The van der Waals surface area contributed by atoms with E-state index in [1.54, 1.807) is 0 Å². The van der Waals surface area contributed by atoms with Gasteiger partial charge in [0, 0.05) is 24.7 Å². The molecule has 0 radical (unpaired) electrons. The Morgan fingerprint density at radius 1 is 1.13 bits per heavy atom. The Morgan fingerprint density at radius 3 is 2.48 bits per heavy atom. The summed E-state index contributed by atoms with van der Waals surface area (Å²) in [5.74, 6) is -2.09. The molecule has 1 aromatic rings. The van der Waals surface area contributed by atoms with Gasteiger partial charge in [0.25, 0.3) is 0 Å². The summed E-state index contributed by atoms with van der Waals surface area (Å²) in [4.78, 5) is 23.2. The Kier molecular flexibility index (Phi) is 6.12. The predicted octanol–water partition coefficient (Wildman–Crippen LogP) is 1.25. The van der Waals surface area contributed by atoms with Crippen LogP contribution in [0.5, 0.6) is 5.75 Å². The molecular weight excluding hydrogens is 300 g/mol. The van der Waals surface area contributed by atoms with Gasteiger partial charge in [-0.15, -0.1) is 0 Å². The molecule has 0 spiro atoms. The third kappa shape index (κ3) is 4.77. The number of aliphatic hydroxyl groups is 2. The molecule has 6 nitrogen and oxygen atoms in total. The number of hydrogen-bond donors (Lipinski definition) is 3. The van der Waals surface area contributed by atoms with Gasteiger partial charge in [0.05, 0.1) is 25.2 Å². The van der Waals surface area contributed by atoms with Gasteiger partial charge in [-0.1, -0.05) is 18.2 Å². The molecule has 0 saturated heterocycles. The minimum absolute atomic E-state index is 0.0505. The summed E-state index contributed by atoms with van der Waals surface area (Å²) in [6, 6.07) is 9.23. The van der Waals surface area contributed by atoms with Crippen LogP contribution in [0.4, 0.5) is 0 Å². The van der Waals surface area contributed by atoms with Gasteiger partial charge in [-0.05, 0) is 18.6 Å². The second-order valence-electron chi connectivity index (χ2n) is 5.89. The lowest BCUT2D eigenvalue weighted by atomic mass is 9.85. The van der Waals surface area contributed by atoms with Crippen LogP contribution in [-0.4, -0.2) is 45.9 Å². The summed E-state index contributed by atoms with van der Waals surface area (Å²) in [5, 5.41) is 28.7. The molecule has 0 aliphatic heterocycles. The summed E-state index contributed by atoms with van der Waals surface area (Å²) in [5.41, 5.74) is 0. The lowest BCUT2D eigenvalue weighted by Crippen LogP contribution is -2.31. The highest BCUT2D eigenvalue weighted by atomic mass is 16.5. The smallest absolute Gasteiger partial charge is 0.303 e. The molecule has 1 aliphatic rings. The maximum absolute atomic E-state index is 12.3. The van der Waals surface area contributed by atoms with E-state index in [1.807, 2.05) is 30.3 Å². The van der Waals surface area contributed by atoms with Crippen LogP contribution in [0.1, 0.15) is 25.7 Å². The van der Waals surface area contributed by atoms with Gasteiger partial charge in [-0.3, -0.25) is 9.59 Å². The Labute approximate surface area is 134 Å². The van der Waals surface area contributed by atoms with Crippen molar-refractivity contribution in [2.75, 3.05) is 6.61 Å². The first kappa shape index (κ1) is 17.4. The van der Waals surface area contributed by atoms with E-state index in [1.165, 1.54) is 0 Å². The largest absolute Gasteiger partial charge is 0.494 e. The molecule has 1 aliphatic carbocycles. The van der Waals surface area contributed by atoms with Crippen LogP contribution in [-0.2, 0) is 9.59 Å². The number of ether oxygens (including phenoxy) is 1. The summed E-state index contributed by atoms with van der Waals surface area (Å²) >= 11 is 0. The van der Waals surface area contributed by atoms with Crippen molar-refractivity contribution >= 4 is 11.8 Å². The monoisotopic (exact) mass is 322 g/mol. The first-order chi connectivity index (χ1) is 11.0. The number of Topliss-reactive ketones (excluding diaryl/α,β-unsaturated/α-hetero) is 1. The van der Waals surface area contributed by atoms with Crippen molar-refractivity contribution in [3.8, 4) is 5.75 Å². The molecule has 3 N–H and O–H groups in total. The first-order valence-electron chi connectivity index (χ1n) is 7.77. The summed E-state index contributed by atoms with van der Waals surface area (Å²) < 4.78 is 5.50. The maximum atomic E-state index is 12.3. The number of ketones is 1. The van der Waals surface area contributed by atoms with Crippen molar-refractivity contribution in [2.24, 2.45) is 11.8 Å². The van der Waals surface area contributed by atoms with Crippen LogP contribution in [0.2, 0.25) is 0 Å². The topological polar surface area (TPSA) is 104 Å². The molecule has 0 heterocycles. The van der Waals surface area contributed by atoms with E-state index in [-0.39, 0.29) is 25.0 Å². The third-order valence-corrected chi connectivity index (χ3v) is 4.21. The number of carboxylic acids is 1. The minimum atomic E-state index is -1.08. The van der Waals surface area contributed by atoms with E-state index in [0.29, 0.717) is 13.0 Å². The highest BCUT2D eigenvalue weighted by molar-refractivity contribution is 5.83. The normalized spacial score (nSPS) is 26.9. The molecule has 1 saturated carbocycles. The molecule has 1 fully saturated rings. The molecule has 0 amide bonds. The van der Waals surface area contributed by atoms with E-state index in [0.717, 1.165) is 5.75 Å². The number of aliphatic hydroxyl groups excluding tert-OH is 2. The lowest BCUT2D eigenvalue weighted by Gasteiger charge is -2.20. The second-order valence-corrected chi connectivity index (χ2v) is 5.89. The molecule has 126 valence electrons. The van der Waals surface area contributed by atoms with E-state index >= 15 is 0 Å². The Morgan fingerprint density at radius 2 is 1.83 bits per heavy atom. The van der Waals surface area contributed by atoms with Gasteiger partial charge in [0.1, 0.15) is 11.5 Å². The van der Waals surface area contributed by atoms with Crippen LogP contribution >= 0.6 is 0 Å². The molecule has 0 bridgehead atoms. The lowest BCUT2D eigenvalue weighted by molar-refractivity contribution is -0.140. The minimum Gasteiger partial charge on any atom is -0.494 e. The number of aliphatic carboxylic acids is 1. The Bertz CT molecular complexity index is 529. The fraction of sp³-hybridized carbons (Fsp3) is 0.529. The summed E-state index contributed by atoms with van der Waals surface area (Å²) in [6.45, 7) is 0.366. The zero-order valence-corrected chi connectivity index (χ0v) is 12.8. The standard InChI is InChI=1S/C17H22O6/c18-13(7-4-8-23-11-5-2-1-3-6-11)17-12(9-16(21)22)14(19)10-15(17)20/h1-3,5-6,12,14-15,17,19-20H,4,7-10H2,(H,21,22)/t12-,14-,15+,17+/m0/s1. The van der Waals surface area contributed by atoms with Crippen molar-refractivity contribution in [1.82, 2.24) is 0 Å². The van der Waals surface area contributed by atoms with Gasteiger partial charge >= 0.3 is 5.97 Å². The third-order valence-electron chi connectivity index (χ3n) is 4.21. The second kappa shape index (κ2) is 8.08. The van der Waals surface area contributed by atoms with Crippen molar-refractivity contribution < 1.29 is 29.6 Å². The van der Waals surface area contributed by atoms with Gasteiger partial charge in [-0.25, -0.2) is 0 Å². The molecule has 1 aromatic carbocycles. The number of rotatable bonds is 8. The number of benzene rings is 1. The molecule has 4 atom stereocenters. The first-order valence-corrected chi connectivity index (χ1v) is 7.77. The zero-order chi connectivity index (χ0) is 16.8. The molecule has 2 rings (SSSR count). The molecule has 6 heteroatoms. The maximum Gasteiger partial charge on any atom is 0.303 e. The van der Waals surface area contributed by atoms with Gasteiger partial charge in [-0.2, -0.15) is 0 Å². The number of carbonyl (C=O) groups is 2. The van der Waals surface area contributed by atoms with E-state index in [4.69, 9.17) is 9.84 Å². The SMILES string of the molecule is O=C(O)C[C@@H]1[C@H](C(=O)CCCOc2ccccc2)[C@H](O)C[C@@H]1O. The van der Waals surface area contributed by atoms with Crippen LogP contribution < -0.4 is 4.74 Å². The average molecular weight is 322 g/mol. The van der Waals surface area contributed by atoms with E-state index in [9.17, 15) is 19.8 Å². The highest BCUT2D eigenvalue weighted by Gasteiger charge is 2.45. The fourth-order valence-electron chi connectivity index (χ4n) is 3.13. The predicted molar refractivity (Wildman–Crippen MR) is 82.0 cm³/mol. The fourth-order valence-corrected chi connectivity index (χ4v) is 3.13. The van der Waals surface area contributed by atoms with Crippen molar-refractivity contribution in [3.63, 3.8) is 0 Å². The molecule has 23 heavy (non-hydrogen) atoms. The van der Waals surface area contributed by atoms with E-state index < -0.39 is 30.0 Å². The molecule has 0 unspecified atom stereocenters. The highest BCUT2D eigenvalue weighted by Crippen LogP contribution is 2.36. The Balaban J connectivity index is 1.82. The van der Waals surface area contributed by atoms with Gasteiger partial charge in [0.2, 0.25) is 0 Å². The van der Waals surface area contributed by atoms with Crippen LogP contribution in [0, 0.1) is 11.8 Å². The van der Waals surface area contributed by atoms with Crippen molar-refractivity contribution in [1.29, 1.82) is 0 Å². The number of carboxylic acid groups (broad SMARTS) is 1. The Hall–Kier alpha value is -1.92.